The molecular formula is C16H22N6O. The molecule has 0 spiro atoms. The second-order valence-electron chi connectivity index (χ2n) is 6.18. The van der Waals surface area contributed by atoms with Gasteiger partial charge in [-0.05, 0) is 12.5 Å². The van der Waals surface area contributed by atoms with E-state index in [0.29, 0.717) is 11.7 Å². The number of carbonyl (C=O) groups is 1. The van der Waals surface area contributed by atoms with Crippen molar-refractivity contribution in [3.8, 4) is 0 Å². The van der Waals surface area contributed by atoms with Crippen LogP contribution in [0, 0.1) is 0 Å². The zero-order chi connectivity index (χ0) is 16.4. The Morgan fingerprint density at radius 1 is 1.39 bits per heavy atom. The third kappa shape index (κ3) is 3.49. The third-order valence-electron chi connectivity index (χ3n) is 3.95. The van der Waals surface area contributed by atoms with E-state index in [4.69, 9.17) is 0 Å². The van der Waals surface area contributed by atoms with Gasteiger partial charge in [-0.2, -0.15) is 5.10 Å². The van der Waals surface area contributed by atoms with E-state index >= 15 is 0 Å². The zero-order valence-electron chi connectivity index (χ0n) is 13.7. The second-order valence-corrected chi connectivity index (χ2v) is 6.18. The molecule has 1 fully saturated rings. The predicted molar refractivity (Wildman–Crippen MR) is 88.5 cm³/mol. The lowest BCUT2D eigenvalue weighted by Gasteiger charge is -2.18. The van der Waals surface area contributed by atoms with E-state index in [9.17, 15) is 4.79 Å². The molecule has 2 aromatic heterocycles. The van der Waals surface area contributed by atoms with Crippen LogP contribution in [-0.4, -0.2) is 38.7 Å². The first-order valence-electron chi connectivity index (χ1n) is 7.93. The molecule has 1 aliphatic rings. The van der Waals surface area contributed by atoms with Crippen molar-refractivity contribution in [1.82, 2.24) is 19.7 Å². The maximum Gasteiger partial charge on any atom is 0.222 e. The number of rotatable bonds is 4. The van der Waals surface area contributed by atoms with Gasteiger partial charge < -0.3 is 10.2 Å². The van der Waals surface area contributed by atoms with Crippen LogP contribution >= 0.6 is 0 Å². The summed E-state index contributed by atoms with van der Waals surface area (Å²) >= 11 is 0. The number of aromatic nitrogens is 4. The molecule has 0 aliphatic carbocycles. The number of anilines is 2. The van der Waals surface area contributed by atoms with Gasteiger partial charge in [0.05, 0.1) is 6.04 Å². The number of nitrogens with one attached hydrogen (secondary N) is 1. The molecule has 3 heterocycles. The Hall–Kier alpha value is -2.44. The van der Waals surface area contributed by atoms with Crippen LogP contribution in [0.1, 0.15) is 45.0 Å². The minimum atomic E-state index is -0.106. The first kappa shape index (κ1) is 15.5. The van der Waals surface area contributed by atoms with Gasteiger partial charge in [0.25, 0.3) is 0 Å². The van der Waals surface area contributed by atoms with Gasteiger partial charge in [-0.1, -0.05) is 13.8 Å². The van der Waals surface area contributed by atoms with Crippen molar-refractivity contribution in [2.75, 3.05) is 23.3 Å². The monoisotopic (exact) mass is 314 g/mol. The highest BCUT2D eigenvalue weighted by Crippen LogP contribution is 2.26. The Bertz CT molecular complexity index is 695. The van der Waals surface area contributed by atoms with Crippen molar-refractivity contribution in [2.24, 2.45) is 0 Å². The van der Waals surface area contributed by atoms with Crippen molar-refractivity contribution < 1.29 is 4.79 Å². The van der Waals surface area contributed by atoms with Gasteiger partial charge in [-0.3, -0.25) is 9.48 Å². The lowest BCUT2D eigenvalue weighted by atomic mass is 10.2. The molecule has 1 unspecified atom stereocenters. The quantitative estimate of drug-likeness (QED) is 0.936. The molecule has 0 bridgehead atoms. The molecule has 23 heavy (non-hydrogen) atoms. The summed E-state index contributed by atoms with van der Waals surface area (Å²) in [6.45, 7) is 7.47. The summed E-state index contributed by atoms with van der Waals surface area (Å²) in [6, 6.07) is 4.07. The van der Waals surface area contributed by atoms with Crippen molar-refractivity contribution in [2.45, 2.75) is 39.2 Å². The fourth-order valence-corrected chi connectivity index (χ4v) is 2.77. The molecule has 7 nitrogen and oxygen atoms in total. The minimum Gasteiger partial charge on any atom is -0.354 e. The molecule has 1 amide bonds. The van der Waals surface area contributed by atoms with Gasteiger partial charge >= 0.3 is 0 Å². The molecule has 0 aromatic carbocycles. The van der Waals surface area contributed by atoms with E-state index in [0.717, 1.165) is 31.2 Å². The average Bonchev–Trinajstić information content (AvgIpc) is 3.15. The molecule has 7 heteroatoms. The van der Waals surface area contributed by atoms with Crippen LogP contribution < -0.4 is 10.2 Å². The van der Waals surface area contributed by atoms with Crippen LogP contribution in [0.4, 0.5) is 11.6 Å². The van der Waals surface area contributed by atoms with Gasteiger partial charge in [-0.25, -0.2) is 9.97 Å². The maximum absolute atomic E-state index is 11.1. The summed E-state index contributed by atoms with van der Waals surface area (Å²) in [5, 5.41) is 7.14. The summed E-state index contributed by atoms with van der Waals surface area (Å²) in [7, 11) is 0. The van der Waals surface area contributed by atoms with E-state index in [1.54, 1.807) is 0 Å². The summed E-state index contributed by atoms with van der Waals surface area (Å²) in [6.07, 6.45) is 4.74. The van der Waals surface area contributed by atoms with Gasteiger partial charge in [0.15, 0.2) is 5.82 Å². The summed E-state index contributed by atoms with van der Waals surface area (Å²) < 4.78 is 1.93. The Morgan fingerprint density at radius 2 is 2.22 bits per heavy atom. The van der Waals surface area contributed by atoms with Gasteiger partial charge in [0, 0.05) is 44.4 Å². The molecule has 1 saturated heterocycles. The topological polar surface area (TPSA) is 75.9 Å². The highest BCUT2D eigenvalue weighted by molar-refractivity contribution is 5.87. The number of carbonyl (C=O) groups excluding carboxylic acids is 1. The molecule has 0 saturated carbocycles. The third-order valence-corrected chi connectivity index (χ3v) is 3.95. The zero-order valence-corrected chi connectivity index (χ0v) is 13.7. The SMILES string of the molecule is CC(=O)Nc1ccn(C2CCN(c3ccnc(C(C)C)n3)C2)n1. The van der Waals surface area contributed by atoms with E-state index in [2.05, 4.69) is 39.1 Å². The molecule has 2 aromatic rings. The highest BCUT2D eigenvalue weighted by Gasteiger charge is 2.26. The lowest BCUT2D eigenvalue weighted by molar-refractivity contribution is -0.114. The minimum absolute atomic E-state index is 0.106. The van der Waals surface area contributed by atoms with Crippen LogP contribution in [0.15, 0.2) is 24.5 Å². The molecule has 122 valence electrons. The van der Waals surface area contributed by atoms with Crippen LogP contribution in [0.25, 0.3) is 0 Å². The van der Waals surface area contributed by atoms with E-state index in [-0.39, 0.29) is 11.9 Å². The Kier molecular flexibility index (Phi) is 4.27. The normalized spacial score (nSPS) is 17.7. The largest absolute Gasteiger partial charge is 0.354 e. The predicted octanol–water partition coefficient (Wildman–Crippen LogP) is 2.21. The first-order chi connectivity index (χ1) is 11.0. The molecule has 0 radical (unpaired) electrons. The summed E-state index contributed by atoms with van der Waals surface area (Å²) in [4.78, 5) is 22.3. The number of amides is 1. The standard InChI is InChI=1S/C16H22N6O/c1-11(2)16-17-7-4-15(19-16)21-8-5-13(10-21)22-9-6-14(20-22)18-12(3)23/h4,6-7,9,11,13H,5,8,10H2,1-3H3,(H,18,20,23). The lowest BCUT2D eigenvalue weighted by Crippen LogP contribution is -2.22. The van der Waals surface area contributed by atoms with Crippen LogP contribution in [-0.2, 0) is 4.79 Å². The van der Waals surface area contributed by atoms with E-state index in [1.165, 1.54) is 6.92 Å². The fourth-order valence-electron chi connectivity index (χ4n) is 2.77. The van der Waals surface area contributed by atoms with Crippen molar-refractivity contribution >= 4 is 17.5 Å². The molecule has 1 atom stereocenters. The van der Waals surface area contributed by atoms with E-state index in [1.807, 2.05) is 29.2 Å². The Balaban J connectivity index is 1.69. The summed E-state index contributed by atoms with van der Waals surface area (Å²) in [5.74, 6) is 2.66. The van der Waals surface area contributed by atoms with Crippen LogP contribution in [0.5, 0.6) is 0 Å². The van der Waals surface area contributed by atoms with Crippen LogP contribution in [0.3, 0.4) is 0 Å². The fraction of sp³-hybridized carbons (Fsp3) is 0.500. The molecule has 3 rings (SSSR count). The maximum atomic E-state index is 11.1. The van der Waals surface area contributed by atoms with Gasteiger partial charge in [0.1, 0.15) is 11.6 Å². The number of hydrogen-bond acceptors (Lipinski definition) is 5. The highest BCUT2D eigenvalue weighted by atomic mass is 16.1. The van der Waals surface area contributed by atoms with Crippen molar-refractivity contribution in [3.63, 3.8) is 0 Å². The van der Waals surface area contributed by atoms with Crippen molar-refractivity contribution in [3.05, 3.63) is 30.4 Å². The van der Waals surface area contributed by atoms with Crippen LogP contribution in [0.2, 0.25) is 0 Å². The van der Waals surface area contributed by atoms with Crippen molar-refractivity contribution in [1.29, 1.82) is 0 Å². The Labute approximate surface area is 135 Å². The van der Waals surface area contributed by atoms with Gasteiger partial charge in [-0.15, -0.1) is 0 Å². The number of nitrogens with zero attached hydrogens (tertiary/aromatic N) is 5. The molecular weight excluding hydrogens is 292 g/mol. The van der Waals surface area contributed by atoms with E-state index < -0.39 is 0 Å². The molecule has 1 N–H and O–H groups in total. The van der Waals surface area contributed by atoms with Gasteiger partial charge in [0.2, 0.25) is 5.91 Å². The summed E-state index contributed by atoms with van der Waals surface area (Å²) in [5.41, 5.74) is 0. The Morgan fingerprint density at radius 3 is 2.96 bits per heavy atom. The smallest absolute Gasteiger partial charge is 0.222 e. The second kappa shape index (κ2) is 6.36. The first-order valence-corrected chi connectivity index (χ1v) is 7.93. The average molecular weight is 314 g/mol. The molecule has 1 aliphatic heterocycles. The number of hydrogen-bond donors (Lipinski definition) is 1.